The molecule has 0 aliphatic heterocycles. The SMILES string of the molecule is COc1cccc(C)c1CCC(CO)CO. The normalized spacial score (nSPS) is 10.8. The highest BCUT2D eigenvalue weighted by molar-refractivity contribution is 5.39. The fourth-order valence-corrected chi connectivity index (χ4v) is 1.78. The van der Waals surface area contributed by atoms with E-state index in [-0.39, 0.29) is 19.1 Å². The second-order valence-corrected chi connectivity index (χ2v) is 4.03. The third-order valence-electron chi connectivity index (χ3n) is 2.91. The van der Waals surface area contributed by atoms with Crippen LogP contribution in [0.5, 0.6) is 5.75 Å². The molecule has 1 aromatic rings. The molecule has 0 fully saturated rings. The van der Waals surface area contributed by atoms with Crippen molar-refractivity contribution in [3.8, 4) is 5.75 Å². The molecular formula is C13H20O3. The van der Waals surface area contributed by atoms with E-state index in [2.05, 4.69) is 0 Å². The molecule has 0 saturated carbocycles. The maximum Gasteiger partial charge on any atom is 0.122 e. The minimum atomic E-state index is -0.0377. The van der Waals surface area contributed by atoms with Gasteiger partial charge in [-0.3, -0.25) is 0 Å². The van der Waals surface area contributed by atoms with Crippen LogP contribution in [0.15, 0.2) is 18.2 Å². The van der Waals surface area contributed by atoms with Crippen LogP contribution in [0.4, 0.5) is 0 Å². The monoisotopic (exact) mass is 224 g/mol. The number of aryl methyl sites for hydroxylation is 1. The average Bonchev–Trinajstić information content (AvgIpc) is 2.31. The molecule has 3 heteroatoms. The average molecular weight is 224 g/mol. The van der Waals surface area contributed by atoms with Gasteiger partial charge in [-0.15, -0.1) is 0 Å². The summed E-state index contributed by atoms with van der Waals surface area (Å²) in [5, 5.41) is 18.0. The lowest BCUT2D eigenvalue weighted by Gasteiger charge is -2.14. The van der Waals surface area contributed by atoms with E-state index in [0.717, 1.165) is 24.2 Å². The Kier molecular flexibility index (Phi) is 5.29. The molecule has 0 radical (unpaired) electrons. The van der Waals surface area contributed by atoms with Crippen molar-refractivity contribution >= 4 is 0 Å². The lowest BCUT2D eigenvalue weighted by atomic mass is 9.97. The van der Waals surface area contributed by atoms with Crippen molar-refractivity contribution in [2.75, 3.05) is 20.3 Å². The van der Waals surface area contributed by atoms with Crippen LogP contribution in [-0.2, 0) is 6.42 Å². The number of aliphatic hydroxyl groups excluding tert-OH is 2. The Morgan fingerprint density at radius 1 is 1.25 bits per heavy atom. The number of rotatable bonds is 6. The van der Waals surface area contributed by atoms with Crippen molar-refractivity contribution in [3.05, 3.63) is 29.3 Å². The van der Waals surface area contributed by atoms with Crippen molar-refractivity contribution in [2.24, 2.45) is 5.92 Å². The quantitative estimate of drug-likeness (QED) is 0.770. The summed E-state index contributed by atoms with van der Waals surface area (Å²) < 4.78 is 5.30. The standard InChI is InChI=1S/C13H20O3/c1-10-4-3-5-13(16-2)12(10)7-6-11(8-14)9-15/h3-5,11,14-15H,6-9H2,1-2H3. The Morgan fingerprint density at radius 2 is 1.94 bits per heavy atom. The van der Waals surface area contributed by atoms with Crippen LogP contribution < -0.4 is 4.74 Å². The van der Waals surface area contributed by atoms with Gasteiger partial charge in [0.25, 0.3) is 0 Å². The van der Waals surface area contributed by atoms with Crippen LogP contribution in [0, 0.1) is 12.8 Å². The first kappa shape index (κ1) is 13.0. The van der Waals surface area contributed by atoms with Crippen LogP contribution in [0.3, 0.4) is 0 Å². The van der Waals surface area contributed by atoms with Crippen LogP contribution in [0.25, 0.3) is 0 Å². The van der Waals surface area contributed by atoms with E-state index < -0.39 is 0 Å². The number of hydrogen-bond donors (Lipinski definition) is 2. The van der Waals surface area contributed by atoms with Crippen molar-refractivity contribution in [2.45, 2.75) is 19.8 Å². The van der Waals surface area contributed by atoms with Gasteiger partial charge < -0.3 is 14.9 Å². The van der Waals surface area contributed by atoms with Gasteiger partial charge in [-0.1, -0.05) is 12.1 Å². The maximum absolute atomic E-state index is 9.01. The highest BCUT2D eigenvalue weighted by atomic mass is 16.5. The molecule has 0 aliphatic carbocycles. The van der Waals surface area contributed by atoms with Crippen molar-refractivity contribution in [1.82, 2.24) is 0 Å². The first-order valence-electron chi connectivity index (χ1n) is 5.57. The molecule has 0 atom stereocenters. The Balaban J connectivity index is 2.72. The number of ether oxygens (including phenoxy) is 1. The van der Waals surface area contributed by atoms with Gasteiger partial charge in [-0.25, -0.2) is 0 Å². The van der Waals surface area contributed by atoms with Gasteiger partial charge in [0.05, 0.1) is 7.11 Å². The fraction of sp³-hybridized carbons (Fsp3) is 0.538. The molecule has 0 aliphatic rings. The third kappa shape index (κ3) is 3.22. The molecule has 0 saturated heterocycles. The van der Waals surface area contributed by atoms with Gasteiger partial charge in [0.15, 0.2) is 0 Å². The van der Waals surface area contributed by atoms with Crippen LogP contribution in [0.1, 0.15) is 17.5 Å². The Hall–Kier alpha value is -1.06. The van der Waals surface area contributed by atoms with Gasteiger partial charge in [-0.05, 0) is 37.0 Å². The van der Waals surface area contributed by atoms with Crippen LogP contribution in [0.2, 0.25) is 0 Å². The minimum Gasteiger partial charge on any atom is -0.496 e. The van der Waals surface area contributed by atoms with E-state index in [1.54, 1.807) is 7.11 Å². The summed E-state index contributed by atoms with van der Waals surface area (Å²) in [6.07, 6.45) is 1.59. The van der Waals surface area contributed by atoms with Crippen LogP contribution >= 0.6 is 0 Å². The van der Waals surface area contributed by atoms with E-state index in [9.17, 15) is 0 Å². The summed E-state index contributed by atoms with van der Waals surface area (Å²) in [5.74, 6) is 0.846. The zero-order chi connectivity index (χ0) is 12.0. The Bertz CT molecular complexity index is 319. The molecule has 1 aromatic carbocycles. The molecule has 1 rings (SSSR count). The summed E-state index contributed by atoms with van der Waals surface area (Å²) in [5.41, 5.74) is 2.35. The molecule has 2 N–H and O–H groups in total. The van der Waals surface area contributed by atoms with Crippen molar-refractivity contribution in [3.63, 3.8) is 0 Å². The van der Waals surface area contributed by atoms with Gasteiger partial charge in [-0.2, -0.15) is 0 Å². The molecule has 0 aromatic heterocycles. The predicted molar refractivity (Wildman–Crippen MR) is 63.7 cm³/mol. The predicted octanol–water partition coefficient (Wildman–Crippen LogP) is 1.54. The summed E-state index contributed by atoms with van der Waals surface area (Å²) in [7, 11) is 1.66. The molecule has 0 amide bonds. The Labute approximate surface area is 96.7 Å². The molecular weight excluding hydrogens is 204 g/mol. The summed E-state index contributed by atoms with van der Waals surface area (Å²) in [4.78, 5) is 0. The summed E-state index contributed by atoms with van der Waals surface area (Å²) in [6.45, 7) is 2.11. The smallest absolute Gasteiger partial charge is 0.122 e. The zero-order valence-corrected chi connectivity index (χ0v) is 9.94. The molecule has 16 heavy (non-hydrogen) atoms. The van der Waals surface area contributed by atoms with Gasteiger partial charge >= 0.3 is 0 Å². The molecule has 90 valence electrons. The molecule has 0 bridgehead atoms. The summed E-state index contributed by atoms with van der Waals surface area (Å²) >= 11 is 0. The fourth-order valence-electron chi connectivity index (χ4n) is 1.78. The van der Waals surface area contributed by atoms with E-state index in [4.69, 9.17) is 14.9 Å². The lowest BCUT2D eigenvalue weighted by molar-refractivity contribution is 0.144. The number of benzene rings is 1. The lowest BCUT2D eigenvalue weighted by Crippen LogP contribution is -2.12. The van der Waals surface area contributed by atoms with E-state index in [1.165, 1.54) is 5.56 Å². The molecule has 3 nitrogen and oxygen atoms in total. The first-order chi connectivity index (χ1) is 7.72. The number of aliphatic hydroxyl groups is 2. The van der Waals surface area contributed by atoms with Crippen molar-refractivity contribution < 1.29 is 14.9 Å². The van der Waals surface area contributed by atoms with Gasteiger partial charge in [0.2, 0.25) is 0 Å². The second-order valence-electron chi connectivity index (χ2n) is 4.03. The van der Waals surface area contributed by atoms with E-state index in [1.807, 2.05) is 25.1 Å². The summed E-state index contributed by atoms with van der Waals surface area (Å²) in [6, 6.07) is 5.95. The third-order valence-corrected chi connectivity index (χ3v) is 2.91. The first-order valence-corrected chi connectivity index (χ1v) is 5.57. The zero-order valence-electron chi connectivity index (χ0n) is 9.94. The largest absolute Gasteiger partial charge is 0.496 e. The molecule has 0 heterocycles. The second kappa shape index (κ2) is 6.51. The number of hydrogen-bond acceptors (Lipinski definition) is 3. The molecule has 0 spiro atoms. The van der Waals surface area contributed by atoms with Gasteiger partial charge in [0, 0.05) is 19.1 Å². The van der Waals surface area contributed by atoms with E-state index >= 15 is 0 Å². The van der Waals surface area contributed by atoms with E-state index in [0.29, 0.717) is 0 Å². The maximum atomic E-state index is 9.01. The van der Waals surface area contributed by atoms with Crippen molar-refractivity contribution in [1.29, 1.82) is 0 Å². The molecule has 0 unspecified atom stereocenters. The van der Waals surface area contributed by atoms with Crippen LogP contribution in [-0.4, -0.2) is 30.5 Å². The highest BCUT2D eigenvalue weighted by Gasteiger charge is 2.10. The highest BCUT2D eigenvalue weighted by Crippen LogP contribution is 2.24. The van der Waals surface area contributed by atoms with Gasteiger partial charge in [0.1, 0.15) is 5.75 Å². The Morgan fingerprint density at radius 3 is 2.50 bits per heavy atom. The minimum absolute atomic E-state index is 0.0324. The topological polar surface area (TPSA) is 49.7 Å². The number of methoxy groups -OCH3 is 1.